The standard InChI is InChI=1S/C11H7FI2/c1-6-2-3-7-5-9(13)11(14)10(12)8(7)4-6/h2-5H,1H3. The van der Waals surface area contributed by atoms with E-state index in [1.54, 1.807) is 0 Å². The van der Waals surface area contributed by atoms with Gasteiger partial charge in [-0.2, -0.15) is 0 Å². The van der Waals surface area contributed by atoms with Crippen molar-refractivity contribution in [2.75, 3.05) is 0 Å². The van der Waals surface area contributed by atoms with Crippen molar-refractivity contribution in [2.45, 2.75) is 6.92 Å². The van der Waals surface area contributed by atoms with E-state index in [1.807, 2.05) is 53.8 Å². The molecule has 0 aromatic heterocycles. The Morgan fingerprint density at radius 2 is 1.86 bits per heavy atom. The molecule has 0 amide bonds. The van der Waals surface area contributed by atoms with Crippen molar-refractivity contribution in [3.05, 3.63) is 42.8 Å². The zero-order chi connectivity index (χ0) is 10.3. The summed E-state index contributed by atoms with van der Waals surface area (Å²) in [6, 6.07) is 7.87. The third-order valence-corrected chi connectivity index (χ3v) is 5.07. The highest BCUT2D eigenvalue weighted by Gasteiger charge is 2.09. The first-order chi connectivity index (χ1) is 6.59. The highest BCUT2D eigenvalue weighted by molar-refractivity contribution is 14.1. The second-order valence-electron chi connectivity index (χ2n) is 3.21. The van der Waals surface area contributed by atoms with Crippen molar-refractivity contribution >= 4 is 56.0 Å². The summed E-state index contributed by atoms with van der Waals surface area (Å²) in [5.74, 6) is -0.101. The third kappa shape index (κ3) is 1.76. The molecule has 2 aromatic rings. The van der Waals surface area contributed by atoms with Crippen LogP contribution in [0.25, 0.3) is 10.8 Å². The first-order valence-electron chi connectivity index (χ1n) is 4.13. The maximum Gasteiger partial charge on any atom is 0.145 e. The minimum Gasteiger partial charge on any atom is -0.205 e. The van der Waals surface area contributed by atoms with Crippen LogP contribution in [-0.4, -0.2) is 0 Å². The summed E-state index contributed by atoms with van der Waals surface area (Å²) in [6.07, 6.45) is 0. The van der Waals surface area contributed by atoms with E-state index in [0.29, 0.717) is 3.57 Å². The zero-order valence-electron chi connectivity index (χ0n) is 7.44. The van der Waals surface area contributed by atoms with Gasteiger partial charge in [-0.1, -0.05) is 17.7 Å². The van der Waals surface area contributed by atoms with Crippen LogP contribution in [0, 0.1) is 19.9 Å². The molecule has 0 radical (unpaired) electrons. The van der Waals surface area contributed by atoms with Gasteiger partial charge >= 0.3 is 0 Å². The molecular weight excluding hydrogens is 405 g/mol. The Morgan fingerprint density at radius 3 is 2.57 bits per heavy atom. The monoisotopic (exact) mass is 412 g/mol. The lowest BCUT2D eigenvalue weighted by atomic mass is 10.1. The SMILES string of the molecule is Cc1ccc2cc(I)c(I)c(F)c2c1. The van der Waals surface area contributed by atoms with Crippen LogP contribution in [0.5, 0.6) is 0 Å². The first-order valence-corrected chi connectivity index (χ1v) is 6.29. The summed E-state index contributed by atoms with van der Waals surface area (Å²) in [4.78, 5) is 0. The minimum absolute atomic E-state index is 0.101. The van der Waals surface area contributed by atoms with Gasteiger partial charge in [-0.25, -0.2) is 4.39 Å². The summed E-state index contributed by atoms with van der Waals surface area (Å²) in [6.45, 7) is 1.98. The predicted octanol–water partition coefficient (Wildman–Crippen LogP) is 4.50. The van der Waals surface area contributed by atoms with Crippen LogP contribution in [0.3, 0.4) is 0 Å². The van der Waals surface area contributed by atoms with E-state index in [2.05, 4.69) is 22.6 Å². The minimum atomic E-state index is -0.101. The maximum absolute atomic E-state index is 13.8. The average molecular weight is 412 g/mol. The number of benzene rings is 2. The Balaban J connectivity index is 2.92. The molecule has 0 aliphatic heterocycles. The Kier molecular flexibility index (Phi) is 2.97. The molecule has 0 fully saturated rings. The highest BCUT2D eigenvalue weighted by Crippen LogP contribution is 2.27. The fourth-order valence-corrected chi connectivity index (χ4v) is 2.43. The van der Waals surface area contributed by atoms with Crippen LogP contribution in [0.1, 0.15) is 5.56 Å². The first kappa shape index (κ1) is 10.6. The van der Waals surface area contributed by atoms with Gasteiger partial charge in [0, 0.05) is 8.96 Å². The number of rotatable bonds is 0. The van der Waals surface area contributed by atoms with E-state index in [4.69, 9.17) is 0 Å². The quantitative estimate of drug-likeness (QED) is 0.442. The molecule has 0 nitrogen and oxygen atoms in total. The second-order valence-corrected chi connectivity index (χ2v) is 5.45. The molecule has 0 spiro atoms. The van der Waals surface area contributed by atoms with Crippen molar-refractivity contribution in [3.8, 4) is 0 Å². The molecule has 2 rings (SSSR count). The highest BCUT2D eigenvalue weighted by atomic mass is 127. The van der Waals surface area contributed by atoms with Crippen LogP contribution in [0.15, 0.2) is 24.3 Å². The fraction of sp³-hybridized carbons (Fsp3) is 0.0909. The topological polar surface area (TPSA) is 0 Å². The summed E-state index contributed by atoms with van der Waals surface area (Å²) < 4.78 is 15.5. The van der Waals surface area contributed by atoms with E-state index >= 15 is 0 Å². The van der Waals surface area contributed by atoms with Gasteiger partial charge in [-0.3, -0.25) is 0 Å². The van der Waals surface area contributed by atoms with Crippen molar-refractivity contribution in [2.24, 2.45) is 0 Å². The molecule has 0 unspecified atom stereocenters. The summed E-state index contributed by atoms with van der Waals surface area (Å²) >= 11 is 4.21. The normalized spacial score (nSPS) is 10.9. The Hall–Kier alpha value is 0.0900. The van der Waals surface area contributed by atoms with E-state index in [0.717, 1.165) is 19.9 Å². The van der Waals surface area contributed by atoms with Gasteiger partial charge in [0.1, 0.15) is 5.82 Å². The third-order valence-electron chi connectivity index (χ3n) is 2.13. The van der Waals surface area contributed by atoms with Gasteiger partial charge in [0.25, 0.3) is 0 Å². The van der Waals surface area contributed by atoms with Crippen molar-refractivity contribution in [1.82, 2.24) is 0 Å². The largest absolute Gasteiger partial charge is 0.205 e. The van der Waals surface area contributed by atoms with Crippen LogP contribution in [-0.2, 0) is 0 Å². The molecule has 3 heteroatoms. The van der Waals surface area contributed by atoms with E-state index in [9.17, 15) is 4.39 Å². The second kappa shape index (κ2) is 3.92. The number of fused-ring (bicyclic) bond motifs is 1. The van der Waals surface area contributed by atoms with Crippen molar-refractivity contribution in [1.29, 1.82) is 0 Å². The Labute approximate surface area is 109 Å². The smallest absolute Gasteiger partial charge is 0.145 e. The van der Waals surface area contributed by atoms with Gasteiger partial charge in [0.2, 0.25) is 0 Å². The molecule has 0 atom stereocenters. The average Bonchev–Trinajstić information content (AvgIpc) is 2.16. The van der Waals surface area contributed by atoms with Gasteiger partial charge in [-0.15, -0.1) is 0 Å². The molecule has 0 aliphatic rings. The van der Waals surface area contributed by atoms with Crippen molar-refractivity contribution in [3.63, 3.8) is 0 Å². The van der Waals surface area contributed by atoms with E-state index < -0.39 is 0 Å². The summed E-state index contributed by atoms with van der Waals surface area (Å²) in [7, 11) is 0. The van der Waals surface area contributed by atoms with Gasteiger partial charge in [0.05, 0.1) is 3.57 Å². The van der Waals surface area contributed by atoms with Crippen LogP contribution in [0.2, 0.25) is 0 Å². The Bertz CT molecular complexity index is 506. The van der Waals surface area contributed by atoms with Crippen LogP contribution >= 0.6 is 45.2 Å². The lowest BCUT2D eigenvalue weighted by molar-refractivity contribution is 0.631. The molecule has 0 N–H and O–H groups in total. The molecule has 72 valence electrons. The molecule has 0 saturated heterocycles. The van der Waals surface area contributed by atoms with E-state index in [-0.39, 0.29) is 5.82 Å². The number of hydrogen-bond donors (Lipinski definition) is 0. The van der Waals surface area contributed by atoms with Crippen LogP contribution in [0.4, 0.5) is 4.39 Å². The predicted molar refractivity (Wildman–Crippen MR) is 74.1 cm³/mol. The van der Waals surface area contributed by atoms with Gasteiger partial charge in [0.15, 0.2) is 0 Å². The zero-order valence-corrected chi connectivity index (χ0v) is 11.8. The van der Waals surface area contributed by atoms with Crippen molar-refractivity contribution < 1.29 is 4.39 Å². The molecule has 0 heterocycles. The summed E-state index contributed by atoms with van der Waals surface area (Å²) in [5, 5.41) is 1.69. The van der Waals surface area contributed by atoms with Gasteiger partial charge < -0.3 is 0 Å². The maximum atomic E-state index is 13.8. The number of hydrogen-bond acceptors (Lipinski definition) is 0. The molecule has 2 aromatic carbocycles. The fourth-order valence-electron chi connectivity index (χ4n) is 1.41. The Morgan fingerprint density at radius 1 is 1.14 bits per heavy atom. The molecular formula is C11H7FI2. The summed E-state index contributed by atoms with van der Waals surface area (Å²) in [5.41, 5.74) is 1.09. The lowest BCUT2D eigenvalue weighted by Crippen LogP contribution is -1.89. The number of halogens is 3. The number of aryl methyl sites for hydroxylation is 1. The van der Waals surface area contributed by atoms with Gasteiger partial charge in [-0.05, 0) is 69.6 Å². The lowest BCUT2D eigenvalue weighted by Gasteiger charge is -2.05. The van der Waals surface area contributed by atoms with E-state index in [1.165, 1.54) is 0 Å². The molecule has 0 bridgehead atoms. The molecule has 14 heavy (non-hydrogen) atoms. The molecule has 0 saturated carbocycles. The molecule has 0 aliphatic carbocycles. The van der Waals surface area contributed by atoms with Crippen LogP contribution < -0.4 is 0 Å².